The first-order chi connectivity index (χ1) is 17.9. The van der Waals surface area contributed by atoms with Crippen LogP contribution in [0.4, 0.5) is 5.69 Å². The molecule has 1 aromatic heterocycles. The standard InChI is InChI=1S/C29H23Cl2N3O2S/c1-3-26(28(35)33-24-11-7-10-23(30)27(24)31)37-29-22(17-32)21(18-12-14-20(36-2)15-13-18)16-25(34-29)19-8-5-4-6-9-19/h4-16,26H,3H2,1-2H3,(H,33,35). The Balaban J connectivity index is 1.76. The predicted octanol–water partition coefficient (Wildman–Crippen LogP) is 8.11. The quantitative estimate of drug-likeness (QED) is 0.225. The molecule has 1 atom stereocenters. The van der Waals surface area contributed by atoms with Crippen LogP contribution >= 0.6 is 35.0 Å². The fourth-order valence-electron chi connectivity index (χ4n) is 3.74. The van der Waals surface area contributed by atoms with Gasteiger partial charge in [0.2, 0.25) is 5.91 Å². The van der Waals surface area contributed by atoms with Crippen LogP contribution in [0.15, 0.2) is 83.9 Å². The number of ether oxygens (including phenoxy) is 1. The number of pyridine rings is 1. The number of halogens is 2. The SMILES string of the molecule is CCC(Sc1nc(-c2ccccc2)cc(-c2ccc(OC)cc2)c1C#N)C(=O)Nc1cccc(Cl)c1Cl. The maximum absolute atomic E-state index is 13.2. The number of benzene rings is 3. The van der Waals surface area contributed by atoms with Gasteiger partial charge in [-0.2, -0.15) is 5.26 Å². The van der Waals surface area contributed by atoms with Crippen molar-refractivity contribution in [2.45, 2.75) is 23.6 Å². The second-order valence-corrected chi connectivity index (χ2v) is 10.0. The maximum atomic E-state index is 13.2. The molecule has 1 amide bonds. The summed E-state index contributed by atoms with van der Waals surface area (Å²) < 4.78 is 5.29. The summed E-state index contributed by atoms with van der Waals surface area (Å²) in [5.41, 5.74) is 4.04. The predicted molar refractivity (Wildman–Crippen MR) is 151 cm³/mol. The van der Waals surface area contributed by atoms with Gasteiger partial charge in [-0.15, -0.1) is 0 Å². The number of nitrogens with one attached hydrogen (secondary N) is 1. The molecule has 0 saturated carbocycles. The molecule has 0 fully saturated rings. The third kappa shape index (κ3) is 6.08. The molecule has 0 spiro atoms. The second-order valence-electron chi connectivity index (χ2n) is 8.05. The first-order valence-corrected chi connectivity index (χ1v) is 13.1. The van der Waals surface area contributed by atoms with E-state index in [-0.39, 0.29) is 10.9 Å². The van der Waals surface area contributed by atoms with Gasteiger partial charge in [-0.3, -0.25) is 4.79 Å². The number of nitrogens with zero attached hydrogens (tertiary/aromatic N) is 2. The minimum atomic E-state index is -0.524. The fraction of sp³-hybridized carbons (Fsp3) is 0.138. The highest BCUT2D eigenvalue weighted by atomic mass is 35.5. The van der Waals surface area contributed by atoms with Gasteiger partial charge < -0.3 is 10.1 Å². The van der Waals surface area contributed by atoms with Crippen LogP contribution in [-0.2, 0) is 4.79 Å². The van der Waals surface area contributed by atoms with Gasteiger partial charge in [0.05, 0.1) is 39.3 Å². The largest absolute Gasteiger partial charge is 0.497 e. The summed E-state index contributed by atoms with van der Waals surface area (Å²) in [6, 6.07) is 26.6. The van der Waals surface area contributed by atoms with Crippen LogP contribution in [0.3, 0.4) is 0 Å². The van der Waals surface area contributed by atoms with Crippen LogP contribution < -0.4 is 10.1 Å². The van der Waals surface area contributed by atoms with E-state index in [4.69, 9.17) is 32.9 Å². The topological polar surface area (TPSA) is 75.0 Å². The highest BCUT2D eigenvalue weighted by Gasteiger charge is 2.24. The average Bonchev–Trinajstić information content (AvgIpc) is 2.94. The number of nitriles is 1. The lowest BCUT2D eigenvalue weighted by atomic mass is 9.99. The summed E-state index contributed by atoms with van der Waals surface area (Å²) in [7, 11) is 1.61. The van der Waals surface area contributed by atoms with Crippen LogP contribution in [0.2, 0.25) is 10.0 Å². The molecule has 3 aromatic carbocycles. The van der Waals surface area contributed by atoms with Crippen molar-refractivity contribution >= 4 is 46.6 Å². The van der Waals surface area contributed by atoms with Crippen LogP contribution in [0.5, 0.6) is 5.75 Å². The highest BCUT2D eigenvalue weighted by molar-refractivity contribution is 8.00. The number of hydrogen-bond acceptors (Lipinski definition) is 5. The summed E-state index contributed by atoms with van der Waals surface area (Å²) >= 11 is 13.6. The third-order valence-corrected chi connectivity index (χ3v) is 7.86. The number of rotatable bonds is 8. The Morgan fingerprint density at radius 3 is 2.43 bits per heavy atom. The molecule has 186 valence electrons. The number of anilines is 1. The number of thioether (sulfide) groups is 1. The van der Waals surface area contributed by atoms with Gasteiger partial charge in [0.15, 0.2) is 0 Å². The lowest BCUT2D eigenvalue weighted by molar-refractivity contribution is -0.115. The molecule has 4 rings (SSSR count). The van der Waals surface area contributed by atoms with Gasteiger partial charge in [0.1, 0.15) is 16.8 Å². The molecule has 5 nitrogen and oxygen atoms in total. The summed E-state index contributed by atoms with van der Waals surface area (Å²) in [4.78, 5) is 18.1. The number of amides is 1. The number of carbonyl (C=O) groups is 1. The van der Waals surface area contributed by atoms with E-state index >= 15 is 0 Å². The molecule has 4 aromatic rings. The lowest BCUT2D eigenvalue weighted by Gasteiger charge is -2.18. The first-order valence-electron chi connectivity index (χ1n) is 11.5. The molecule has 0 bridgehead atoms. The highest BCUT2D eigenvalue weighted by Crippen LogP contribution is 2.37. The van der Waals surface area contributed by atoms with Crippen molar-refractivity contribution in [3.63, 3.8) is 0 Å². The van der Waals surface area contributed by atoms with Crippen molar-refractivity contribution in [1.29, 1.82) is 5.26 Å². The normalized spacial score (nSPS) is 11.4. The molecule has 0 aliphatic heterocycles. The van der Waals surface area contributed by atoms with Crippen LogP contribution in [0, 0.1) is 11.3 Å². The van der Waals surface area contributed by atoms with E-state index in [9.17, 15) is 10.1 Å². The summed E-state index contributed by atoms with van der Waals surface area (Å²) in [6.45, 7) is 1.91. The number of carbonyl (C=O) groups excluding carboxylic acids is 1. The molecular formula is C29H23Cl2N3O2S. The second kappa shape index (κ2) is 12.2. The smallest absolute Gasteiger partial charge is 0.237 e. The Bertz CT molecular complexity index is 1450. The van der Waals surface area contributed by atoms with Crippen molar-refractivity contribution in [2.24, 2.45) is 0 Å². The molecule has 1 heterocycles. The Morgan fingerprint density at radius 2 is 1.78 bits per heavy atom. The van der Waals surface area contributed by atoms with Crippen molar-refractivity contribution in [2.75, 3.05) is 12.4 Å². The molecule has 1 N–H and O–H groups in total. The molecular weight excluding hydrogens is 525 g/mol. The molecule has 0 radical (unpaired) electrons. The van der Waals surface area contributed by atoms with E-state index in [0.717, 1.165) is 22.4 Å². The Morgan fingerprint density at radius 1 is 1.05 bits per heavy atom. The zero-order chi connectivity index (χ0) is 26.4. The Hall–Kier alpha value is -3.50. The van der Waals surface area contributed by atoms with Crippen LogP contribution in [0.1, 0.15) is 18.9 Å². The minimum absolute atomic E-state index is 0.251. The molecule has 37 heavy (non-hydrogen) atoms. The summed E-state index contributed by atoms with van der Waals surface area (Å²) in [5, 5.41) is 13.6. The van der Waals surface area contributed by atoms with Crippen molar-refractivity contribution in [1.82, 2.24) is 4.98 Å². The van der Waals surface area contributed by atoms with Gasteiger partial charge in [-0.05, 0) is 42.3 Å². The summed E-state index contributed by atoms with van der Waals surface area (Å²) in [5.74, 6) is 0.468. The van der Waals surface area contributed by atoms with Crippen molar-refractivity contribution < 1.29 is 9.53 Å². The number of aromatic nitrogens is 1. The van der Waals surface area contributed by atoms with Gasteiger partial charge in [-0.25, -0.2) is 4.98 Å². The average molecular weight is 548 g/mol. The molecule has 0 aliphatic carbocycles. The van der Waals surface area contributed by atoms with E-state index in [1.165, 1.54) is 11.8 Å². The minimum Gasteiger partial charge on any atom is -0.497 e. The van der Waals surface area contributed by atoms with Gasteiger partial charge in [0.25, 0.3) is 0 Å². The lowest BCUT2D eigenvalue weighted by Crippen LogP contribution is -2.25. The van der Waals surface area contributed by atoms with E-state index in [1.54, 1.807) is 25.3 Å². The van der Waals surface area contributed by atoms with Gasteiger partial charge in [-0.1, -0.05) is 90.4 Å². The fourth-order valence-corrected chi connectivity index (χ4v) is 5.12. The molecule has 1 unspecified atom stereocenters. The Labute approximate surface area is 230 Å². The summed E-state index contributed by atoms with van der Waals surface area (Å²) in [6.07, 6.45) is 0.509. The third-order valence-electron chi connectivity index (χ3n) is 5.70. The van der Waals surface area contributed by atoms with Crippen LogP contribution in [-0.4, -0.2) is 23.3 Å². The van der Waals surface area contributed by atoms with Gasteiger partial charge in [0, 0.05) is 11.1 Å². The first kappa shape index (κ1) is 26.6. The monoisotopic (exact) mass is 547 g/mol. The number of methoxy groups -OCH3 is 1. The van der Waals surface area contributed by atoms with Crippen molar-refractivity contribution in [3.8, 4) is 34.2 Å². The molecule has 8 heteroatoms. The van der Waals surface area contributed by atoms with E-state index in [2.05, 4.69) is 11.4 Å². The van der Waals surface area contributed by atoms with Gasteiger partial charge >= 0.3 is 0 Å². The van der Waals surface area contributed by atoms with Crippen LogP contribution in [0.25, 0.3) is 22.4 Å². The van der Waals surface area contributed by atoms with E-state index in [0.29, 0.717) is 33.4 Å². The number of hydrogen-bond donors (Lipinski definition) is 1. The zero-order valence-corrected chi connectivity index (χ0v) is 22.5. The maximum Gasteiger partial charge on any atom is 0.237 e. The van der Waals surface area contributed by atoms with E-state index < -0.39 is 5.25 Å². The van der Waals surface area contributed by atoms with Crippen molar-refractivity contribution in [3.05, 3.63) is 94.5 Å². The van der Waals surface area contributed by atoms with E-state index in [1.807, 2.05) is 67.6 Å². The molecule has 0 aliphatic rings. The molecule has 0 saturated heterocycles. The Kier molecular flexibility index (Phi) is 8.73. The zero-order valence-electron chi connectivity index (χ0n) is 20.2.